The fourth-order valence-electron chi connectivity index (χ4n) is 2.30. The summed E-state index contributed by atoms with van der Waals surface area (Å²) in [4.78, 5) is 26.3. The maximum atomic E-state index is 12.6. The van der Waals surface area contributed by atoms with E-state index in [4.69, 9.17) is 10.5 Å². The summed E-state index contributed by atoms with van der Waals surface area (Å²) in [7, 11) is 3.72. The molecule has 0 fully saturated rings. The summed E-state index contributed by atoms with van der Waals surface area (Å²) >= 11 is 0. The second-order valence-corrected chi connectivity index (χ2v) is 6.16. The Morgan fingerprint density at radius 3 is 2.28 bits per heavy atom. The van der Waals surface area contributed by atoms with E-state index in [1.807, 2.05) is 19.0 Å². The molecule has 0 atom stereocenters. The molecule has 25 heavy (non-hydrogen) atoms. The van der Waals surface area contributed by atoms with Crippen LogP contribution in [0.25, 0.3) is 0 Å². The van der Waals surface area contributed by atoms with Crippen molar-refractivity contribution in [2.75, 3.05) is 30.0 Å². The Hall–Kier alpha value is -3.02. The Bertz CT molecular complexity index is 768. The van der Waals surface area contributed by atoms with Crippen LogP contribution >= 0.6 is 0 Å². The van der Waals surface area contributed by atoms with E-state index in [9.17, 15) is 9.59 Å². The minimum Gasteiger partial charge on any atom is -0.459 e. The number of nitrogens with two attached hydrogens (primary N) is 1. The van der Waals surface area contributed by atoms with Gasteiger partial charge in [-0.2, -0.15) is 0 Å². The number of rotatable bonds is 5. The molecule has 6 heteroatoms. The maximum absolute atomic E-state index is 12.6. The van der Waals surface area contributed by atoms with Gasteiger partial charge < -0.3 is 20.7 Å². The van der Waals surface area contributed by atoms with E-state index in [0.29, 0.717) is 22.5 Å². The normalized spacial score (nSPS) is 10.4. The lowest BCUT2D eigenvalue weighted by atomic mass is 10.1. The summed E-state index contributed by atoms with van der Waals surface area (Å²) in [6.07, 6.45) is -0.181. The summed E-state index contributed by atoms with van der Waals surface area (Å²) in [5, 5.41) is 2.81. The number of esters is 1. The van der Waals surface area contributed by atoms with Crippen molar-refractivity contribution in [2.45, 2.75) is 20.0 Å². The topological polar surface area (TPSA) is 84.7 Å². The number of carbonyl (C=O) groups is 2. The summed E-state index contributed by atoms with van der Waals surface area (Å²) < 4.78 is 5.14. The molecule has 2 rings (SSSR count). The van der Waals surface area contributed by atoms with Gasteiger partial charge in [-0.05, 0) is 56.3 Å². The SMILES string of the molecule is CC(C)OC(=O)c1ccc(NC(=O)c2cc(N)ccc2N(C)C)cc1. The van der Waals surface area contributed by atoms with Crippen molar-refractivity contribution in [1.82, 2.24) is 0 Å². The van der Waals surface area contributed by atoms with Crippen molar-refractivity contribution in [1.29, 1.82) is 0 Å². The molecule has 1 amide bonds. The van der Waals surface area contributed by atoms with E-state index in [1.165, 1.54) is 0 Å². The summed E-state index contributed by atoms with van der Waals surface area (Å²) in [5.74, 6) is -0.660. The average Bonchev–Trinajstić information content (AvgIpc) is 2.54. The first-order valence-electron chi connectivity index (χ1n) is 7.97. The van der Waals surface area contributed by atoms with Crippen LogP contribution in [-0.4, -0.2) is 32.1 Å². The van der Waals surface area contributed by atoms with E-state index >= 15 is 0 Å². The lowest BCUT2D eigenvalue weighted by molar-refractivity contribution is 0.0378. The number of anilines is 3. The Morgan fingerprint density at radius 2 is 1.72 bits per heavy atom. The highest BCUT2D eigenvalue weighted by Gasteiger charge is 2.14. The number of hydrogen-bond acceptors (Lipinski definition) is 5. The zero-order chi connectivity index (χ0) is 18.6. The lowest BCUT2D eigenvalue weighted by Gasteiger charge is -2.17. The van der Waals surface area contributed by atoms with Gasteiger partial charge in [0.2, 0.25) is 0 Å². The van der Waals surface area contributed by atoms with Gasteiger partial charge in [0.25, 0.3) is 5.91 Å². The van der Waals surface area contributed by atoms with Gasteiger partial charge in [0, 0.05) is 31.2 Å². The van der Waals surface area contributed by atoms with Crippen molar-refractivity contribution in [2.24, 2.45) is 0 Å². The molecule has 6 nitrogen and oxygen atoms in total. The molecule has 0 saturated heterocycles. The van der Waals surface area contributed by atoms with Crippen LogP contribution in [0.3, 0.4) is 0 Å². The monoisotopic (exact) mass is 341 g/mol. The van der Waals surface area contributed by atoms with Crippen LogP contribution in [0, 0.1) is 0 Å². The molecule has 2 aromatic carbocycles. The third-order valence-corrected chi connectivity index (χ3v) is 3.47. The zero-order valence-electron chi connectivity index (χ0n) is 14.9. The quantitative estimate of drug-likeness (QED) is 0.644. The number of amides is 1. The highest BCUT2D eigenvalue weighted by Crippen LogP contribution is 2.23. The number of nitrogens with zero attached hydrogens (tertiary/aromatic N) is 1. The molecule has 0 heterocycles. The van der Waals surface area contributed by atoms with Crippen LogP contribution in [0.1, 0.15) is 34.6 Å². The largest absolute Gasteiger partial charge is 0.459 e. The number of carbonyl (C=O) groups excluding carboxylic acids is 2. The second kappa shape index (κ2) is 7.70. The van der Waals surface area contributed by atoms with Crippen molar-refractivity contribution in [3.63, 3.8) is 0 Å². The van der Waals surface area contributed by atoms with Gasteiger partial charge in [0.1, 0.15) is 0 Å². The number of hydrogen-bond donors (Lipinski definition) is 2. The first-order chi connectivity index (χ1) is 11.8. The minimum absolute atomic E-state index is 0.181. The fraction of sp³-hybridized carbons (Fsp3) is 0.263. The predicted molar refractivity (Wildman–Crippen MR) is 100 cm³/mol. The molecule has 3 N–H and O–H groups in total. The van der Waals surface area contributed by atoms with Crippen LogP contribution in [-0.2, 0) is 4.74 Å². The molecule has 132 valence electrons. The molecule has 2 aromatic rings. The number of nitrogen functional groups attached to an aromatic ring is 1. The van der Waals surface area contributed by atoms with Crippen LogP contribution in [0.4, 0.5) is 17.1 Å². The van der Waals surface area contributed by atoms with Gasteiger partial charge >= 0.3 is 5.97 Å². The second-order valence-electron chi connectivity index (χ2n) is 6.16. The van der Waals surface area contributed by atoms with Crippen molar-refractivity contribution in [3.8, 4) is 0 Å². The molecule has 0 aliphatic rings. The van der Waals surface area contributed by atoms with Gasteiger partial charge in [-0.15, -0.1) is 0 Å². The van der Waals surface area contributed by atoms with Crippen LogP contribution in [0.5, 0.6) is 0 Å². The van der Waals surface area contributed by atoms with Gasteiger partial charge in [0.05, 0.1) is 17.2 Å². The van der Waals surface area contributed by atoms with E-state index in [0.717, 1.165) is 5.69 Å². The van der Waals surface area contributed by atoms with Gasteiger partial charge in [-0.3, -0.25) is 4.79 Å². The van der Waals surface area contributed by atoms with Crippen LogP contribution in [0.15, 0.2) is 42.5 Å². The number of ether oxygens (including phenoxy) is 1. The minimum atomic E-state index is -0.390. The van der Waals surface area contributed by atoms with E-state index in [1.54, 1.807) is 56.3 Å². The van der Waals surface area contributed by atoms with E-state index in [-0.39, 0.29) is 12.0 Å². The van der Waals surface area contributed by atoms with Gasteiger partial charge in [0.15, 0.2) is 0 Å². The highest BCUT2D eigenvalue weighted by molar-refractivity contribution is 6.08. The maximum Gasteiger partial charge on any atom is 0.338 e. The summed E-state index contributed by atoms with van der Waals surface area (Å²) in [6, 6.07) is 11.8. The third-order valence-electron chi connectivity index (χ3n) is 3.47. The molecule has 0 saturated carbocycles. The highest BCUT2D eigenvalue weighted by atomic mass is 16.5. The molecule has 0 spiro atoms. The first-order valence-corrected chi connectivity index (χ1v) is 7.97. The standard InChI is InChI=1S/C19H23N3O3/c1-12(2)25-19(24)13-5-8-15(9-6-13)21-18(23)16-11-14(20)7-10-17(16)22(3)4/h5-12H,20H2,1-4H3,(H,21,23). The molecule has 0 aromatic heterocycles. The summed E-state index contributed by atoms with van der Waals surface area (Å²) in [5.41, 5.74) is 8.58. The molecule has 0 aliphatic carbocycles. The van der Waals surface area contributed by atoms with Crippen molar-refractivity contribution >= 4 is 28.9 Å². The molecule has 0 aliphatic heterocycles. The Labute approximate surface area is 147 Å². The van der Waals surface area contributed by atoms with Gasteiger partial charge in [-0.1, -0.05) is 0 Å². The predicted octanol–water partition coefficient (Wildman–Crippen LogP) is 3.15. The van der Waals surface area contributed by atoms with E-state index in [2.05, 4.69) is 5.32 Å². The molecular formula is C19H23N3O3. The van der Waals surface area contributed by atoms with Crippen LogP contribution in [0.2, 0.25) is 0 Å². The van der Waals surface area contributed by atoms with Gasteiger partial charge in [-0.25, -0.2) is 4.79 Å². The Morgan fingerprint density at radius 1 is 1.08 bits per heavy atom. The lowest BCUT2D eigenvalue weighted by Crippen LogP contribution is -2.19. The average molecular weight is 341 g/mol. The third kappa shape index (κ3) is 4.73. The Balaban J connectivity index is 2.16. The van der Waals surface area contributed by atoms with Crippen molar-refractivity contribution < 1.29 is 14.3 Å². The smallest absolute Gasteiger partial charge is 0.338 e. The Kier molecular flexibility index (Phi) is 5.64. The van der Waals surface area contributed by atoms with Crippen molar-refractivity contribution in [3.05, 3.63) is 53.6 Å². The number of nitrogens with one attached hydrogen (secondary N) is 1. The summed E-state index contributed by atoms with van der Waals surface area (Å²) in [6.45, 7) is 3.58. The van der Waals surface area contributed by atoms with Crippen LogP contribution < -0.4 is 16.0 Å². The van der Waals surface area contributed by atoms with E-state index < -0.39 is 5.97 Å². The molecule has 0 bridgehead atoms. The molecule has 0 radical (unpaired) electrons. The first kappa shape index (κ1) is 18.3. The number of benzene rings is 2. The molecular weight excluding hydrogens is 318 g/mol. The fourth-order valence-corrected chi connectivity index (χ4v) is 2.30. The zero-order valence-corrected chi connectivity index (χ0v) is 14.9. The molecule has 0 unspecified atom stereocenters.